The smallest absolute Gasteiger partial charge is 0.328 e. The third-order valence-corrected chi connectivity index (χ3v) is 4.80. The van der Waals surface area contributed by atoms with Gasteiger partial charge in [-0.05, 0) is 70.8 Å². The van der Waals surface area contributed by atoms with E-state index in [0.29, 0.717) is 0 Å². The highest BCUT2D eigenvalue weighted by molar-refractivity contribution is 5.85. The molecule has 24 heavy (non-hydrogen) atoms. The fourth-order valence-corrected chi connectivity index (χ4v) is 3.25. The maximum Gasteiger partial charge on any atom is 0.328 e. The largest absolute Gasteiger partial charge is 0.480 e. The molecule has 0 aromatic carbocycles. The quantitative estimate of drug-likeness (QED) is 0.478. The van der Waals surface area contributed by atoms with E-state index in [4.69, 9.17) is 5.11 Å². The molecule has 0 saturated heterocycles. The molecule has 1 N–H and O–H groups in total. The summed E-state index contributed by atoms with van der Waals surface area (Å²) in [4.78, 5) is 15.0. The van der Waals surface area contributed by atoms with Gasteiger partial charge in [0.05, 0.1) is 0 Å². The number of aliphatic imine (C=N–C) groups is 1. The minimum absolute atomic E-state index is 0.273. The molecule has 0 fully saturated rings. The van der Waals surface area contributed by atoms with Gasteiger partial charge in [-0.25, -0.2) is 4.79 Å². The van der Waals surface area contributed by atoms with Crippen molar-refractivity contribution >= 4 is 11.7 Å². The summed E-state index contributed by atoms with van der Waals surface area (Å²) < 4.78 is 0. The van der Waals surface area contributed by atoms with Crippen molar-refractivity contribution in [3.63, 3.8) is 0 Å². The number of allylic oxidation sites excluding steroid dienone is 6. The van der Waals surface area contributed by atoms with Crippen molar-refractivity contribution in [3.05, 3.63) is 34.9 Å². The average Bonchev–Trinajstić information content (AvgIpc) is 2.45. The van der Waals surface area contributed by atoms with Crippen LogP contribution in [0, 0.1) is 5.41 Å². The fourth-order valence-electron chi connectivity index (χ4n) is 3.25. The monoisotopic (exact) mass is 331 g/mol. The van der Waals surface area contributed by atoms with Gasteiger partial charge in [-0.1, -0.05) is 43.2 Å². The lowest BCUT2D eigenvalue weighted by molar-refractivity contribution is -0.137. The minimum Gasteiger partial charge on any atom is -0.480 e. The highest BCUT2D eigenvalue weighted by atomic mass is 16.4. The lowest BCUT2D eigenvalue weighted by Gasteiger charge is -2.32. The highest BCUT2D eigenvalue weighted by Crippen LogP contribution is 2.40. The molecule has 1 aliphatic carbocycles. The Kier molecular flexibility index (Phi) is 7.65. The maximum atomic E-state index is 10.8. The Morgan fingerprint density at radius 1 is 1.38 bits per heavy atom. The van der Waals surface area contributed by atoms with Crippen LogP contribution in [0.2, 0.25) is 0 Å². The van der Waals surface area contributed by atoms with Gasteiger partial charge >= 0.3 is 5.97 Å². The summed E-state index contributed by atoms with van der Waals surface area (Å²) >= 11 is 0. The maximum absolute atomic E-state index is 10.8. The Morgan fingerprint density at radius 2 is 2.04 bits per heavy atom. The van der Waals surface area contributed by atoms with E-state index in [9.17, 15) is 4.79 Å². The lowest BCUT2D eigenvalue weighted by atomic mass is 9.72. The number of rotatable bonds is 7. The second kappa shape index (κ2) is 9.00. The SMILES string of the molecule is CC(CC/C=C(C)/C=C/C1=C(C)CCCC1(C)C)=N[C@@H](C)C(=O)O. The van der Waals surface area contributed by atoms with Gasteiger partial charge in [0.1, 0.15) is 6.04 Å². The van der Waals surface area contributed by atoms with Gasteiger partial charge in [0.2, 0.25) is 0 Å². The van der Waals surface area contributed by atoms with Crippen molar-refractivity contribution in [2.75, 3.05) is 0 Å². The van der Waals surface area contributed by atoms with Gasteiger partial charge in [0.15, 0.2) is 0 Å². The van der Waals surface area contributed by atoms with E-state index < -0.39 is 12.0 Å². The van der Waals surface area contributed by atoms with Crippen molar-refractivity contribution in [2.45, 2.75) is 79.7 Å². The van der Waals surface area contributed by atoms with Crippen LogP contribution in [0.3, 0.4) is 0 Å². The molecule has 0 saturated carbocycles. The molecule has 0 heterocycles. The summed E-state index contributed by atoms with van der Waals surface area (Å²) in [6.45, 7) is 12.5. The highest BCUT2D eigenvalue weighted by Gasteiger charge is 2.26. The molecule has 1 aliphatic rings. The Hall–Kier alpha value is -1.64. The molecule has 3 nitrogen and oxygen atoms in total. The summed E-state index contributed by atoms with van der Waals surface area (Å²) in [7, 11) is 0. The van der Waals surface area contributed by atoms with E-state index in [1.807, 2.05) is 6.92 Å². The number of hydrogen-bond donors (Lipinski definition) is 1. The van der Waals surface area contributed by atoms with Gasteiger partial charge in [0.25, 0.3) is 0 Å². The van der Waals surface area contributed by atoms with Crippen LogP contribution in [0.5, 0.6) is 0 Å². The first-order chi connectivity index (χ1) is 11.1. The van der Waals surface area contributed by atoms with Crippen LogP contribution >= 0.6 is 0 Å². The van der Waals surface area contributed by atoms with E-state index in [2.05, 4.69) is 50.9 Å². The standard InChI is InChI=1S/C21H33NO2/c1-15(9-7-11-17(3)22-18(4)20(23)24)12-13-19-16(2)10-8-14-21(19,5)6/h9,12-13,18H,7-8,10-11,14H2,1-6H3,(H,23,24)/b13-12+,15-9+,22-17?/t18-/m0/s1. The molecule has 0 bridgehead atoms. The Labute approximate surface area is 147 Å². The molecule has 0 radical (unpaired) electrons. The van der Waals surface area contributed by atoms with Crippen LogP contribution in [0.25, 0.3) is 0 Å². The summed E-state index contributed by atoms with van der Waals surface area (Å²) in [5.74, 6) is -0.872. The number of hydrogen-bond acceptors (Lipinski definition) is 2. The van der Waals surface area contributed by atoms with E-state index in [-0.39, 0.29) is 5.41 Å². The minimum atomic E-state index is -0.872. The van der Waals surface area contributed by atoms with Gasteiger partial charge in [-0.15, -0.1) is 0 Å². The molecule has 1 atom stereocenters. The number of aliphatic carboxylic acids is 1. The molecule has 0 unspecified atom stereocenters. The van der Waals surface area contributed by atoms with Crippen LogP contribution in [0.15, 0.2) is 39.9 Å². The molecule has 0 aromatic rings. The predicted octanol–water partition coefficient (Wildman–Crippen LogP) is 5.73. The average molecular weight is 332 g/mol. The molecule has 3 heteroatoms. The molecule has 1 rings (SSSR count). The molecule has 0 aromatic heterocycles. The summed E-state index contributed by atoms with van der Waals surface area (Å²) in [5.41, 5.74) is 5.41. The Bertz CT molecular complexity index is 577. The second-order valence-electron chi connectivity index (χ2n) is 7.63. The van der Waals surface area contributed by atoms with Crippen LogP contribution in [-0.2, 0) is 4.79 Å². The van der Waals surface area contributed by atoms with Crippen LogP contribution in [0.1, 0.15) is 73.6 Å². The lowest BCUT2D eigenvalue weighted by Crippen LogP contribution is -2.19. The van der Waals surface area contributed by atoms with Crippen LogP contribution in [0.4, 0.5) is 0 Å². The molecule has 134 valence electrons. The first kappa shape index (κ1) is 20.4. The third-order valence-electron chi connectivity index (χ3n) is 4.80. The molecule has 0 amide bonds. The fraction of sp³-hybridized carbons (Fsp3) is 0.619. The molecule has 0 aliphatic heterocycles. The number of carboxylic acids is 1. The summed E-state index contributed by atoms with van der Waals surface area (Å²) in [6.07, 6.45) is 12.1. The molecular formula is C21H33NO2. The molecule has 0 spiro atoms. The van der Waals surface area contributed by atoms with Crippen molar-refractivity contribution in [1.82, 2.24) is 0 Å². The van der Waals surface area contributed by atoms with Gasteiger partial charge in [0, 0.05) is 5.71 Å². The van der Waals surface area contributed by atoms with Gasteiger partial charge in [-0.3, -0.25) is 4.99 Å². The Balaban J connectivity index is 2.63. The van der Waals surface area contributed by atoms with E-state index in [1.165, 1.54) is 36.0 Å². The zero-order valence-corrected chi connectivity index (χ0v) is 16.1. The van der Waals surface area contributed by atoms with Gasteiger partial charge < -0.3 is 5.11 Å². The number of nitrogens with zero attached hydrogens (tertiary/aromatic N) is 1. The second-order valence-corrected chi connectivity index (χ2v) is 7.63. The normalized spacial score (nSPS) is 20.6. The van der Waals surface area contributed by atoms with Gasteiger partial charge in [-0.2, -0.15) is 0 Å². The van der Waals surface area contributed by atoms with Crippen molar-refractivity contribution < 1.29 is 9.90 Å². The first-order valence-electron chi connectivity index (χ1n) is 8.94. The zero-order valence-electron chi connectivity index (χ0n) is 16.1. The number of carboxylic acid groups (broad SMARTS) is 1. The van der Waals surface area contributed by atoms with E-state index in [1.54, 1.807) is 6.92 Å². The summed E-state index contributed by atoms with van der Waals surface area (Å²) in [5, 5.41) is 8.87. The van der Waals surface area contributed by atoms with Crippen molar-refractivity contribution in [3.8, 4) is 0 Å². The Morgan fingerprint density at radius 3 is 2.62 bits per heavy atom. The van der Waals surface area contributed by atoms with E-state index >= 15 is 0 Å². The molecular weight excluding hydrogens is 298 g/mol. The van der Waals surface area contributed by atoms with Crippen LogP contribution in [-0.4, -0.2) is 22.8 Å². The zero-order chi connectivity index (χ0) is 18.3. The first-order valence-corrected chi connectivity index (χ1v) is 8.94. The predicted molar refractivity (Wildman–Crippen MR) is 103 cm³/mol. The topological polar surface area (TPSA) is 49.7 Å². The van der Waals surface area contributed by atoms with E-state index in [0.717, 1.165) is 18.6 Å². The van der Waals surface area contributed by atoms with Crippen molar-refractivity contribution in [2.24, 2.45) is 10.4 Å². The van der Waals surface area contributed by atoms with Crippen molar-refractivity contribution in [1.29, 1.82) is 0 Å². The number of carbonyl (C=O) groups is 1. The summed E-state index contributed by atoms with van der Waals surface area (Å²) in [6, 6.07) is -0.654. The van der Waals surface area contributed by atoms with Crippen LogP contribution < -0.4 is 0 Å². The third kappa shape index (κ3) is 6.46.